The lowest BCUT2D eigenvalue weighted by Gasteiger charge is -2.19. The molecule has 0 saturated heterocycles. The zero-order valence-corrected chi connectivity index (χ0v) is 7.94. The summed E-state index contributed by atoms with van der Waals surface area (Å²) < 4.78 is 4.87. The van der Waals surface area contributed by atoms with Crippen molar-refractivity contribution in [2.75, 3.05) is 20.3 Å². The van der Waals surface area contributed by atoms with Gasteiger partial charge in [-0.2, -0.15) is 5.48 Å². The molecule has 0 aromatic heterocycles. The molecule has 0 amide bonds. The molecule has 0 fully saturated rings. The van der Waals surface area contributed by atoms with Crippen molar-refractivity contribution in [3.63, 3.8) is 0 Å². The molecule has 0 rings (SSSR count). The van der Waals surface area contributed by atoms with Gasteiger partial charge in [-0.1, -0.05) is 0 Å². The number of hydroxylamine groups is 1. The van der Waals surface area contributed by atoms with Crippen molar-refractivity contribution in [2.45, 2.75) is 32.7 Å². The normalized spacial score (nSPS) is 12.0. The SMILES string of the molecule is COCCCONC(C)(C)C. The standard InChI is InChI=1S/C8H19NO2/c1-8(2,3)9-11-7-5-6-10-4/h9H,5-7H2,1-4H3. The van der Waals surface area contributed by atoms with E-state index in [2.05, 4.69) is 26.3 Å². The summed E-state index contributed by atoms with van der Waals surface area (Å²) in [6.45, 7) is 7.63. The lowest BCUT2D eigenvalue weighted by atomic mass is 10.1. The lowest BCUT2D eigenvalue weighted by molar-refractivity contribution is -0.0136. The molecule has 0 aliphatic rings. The Balaban J connectivity index is 3.02. The Morgan fingerprint density at radius 3 is 2.27 bits per heavy atom. The Morgan fingerprint density at radius 1 is 1.18 bits per heavy atom. The van der Waals surface area contributed by atoms with Crippen molar-refractivity contribution in [2.24, 2.45) is 0 Å². The zero-order valence-electron chi connectivity index (χ0n) is 7.94. The largest absolute Gasteiger partial charge is 0.385 e. The molecule has 0 aliphatic heterocycles. The van der Waals surface area contributed by atoms with E-state index in [1.165, 1.54) is 0 Å². The Kier molecular flexibility index (Phi) is 5.46. The van der Waals surface area contributed by atoms with Crippen LogP contribution in [0, 0.1) is 0 Å². The van der Waals surface area contributed by atoms with E-state index in [9.17, 15) is 0 Å². The van der Waals surface area contributed by atoms with Crippen LogP contribution in [0.4, 0.5) is 0 Å². The second kappa shape index (κ2) is 5.52. The fourth-order valence-corrected chi connectivity index (χ4v) is 0.543. The Morgan fingerprint density at radius 2 is 1.82 bits per heavy atom. The van der Waals surface area contributed by atoms with Crippen LogP contribution in [-0.2, 0) is 9.57 Å². The van der Waals surface area contributed by atoms with Gasteiger partial charge in [0.05, 0.1) is 6.61 Å². The van der Waals surface area contributed by atoms with Gasteiger partial charge in [-0.15, -0.1) is 0 Å². The molecule has 0 aliphatic carbocycles. The van der Waals surface area contributed by atoms with Crippen LogP contribution in [0.15, 0.2) is 0 Å². The Labute approximate surface area is 69.0 Å². The highest BCUT2D eigenvalue weighted by molar-refractivity contribution is 4.63. The first-order valence-corrected chi connectivity index (χ1v) is 3.94. The van der Waals surface area contributed by atoms with Gasteiger partial charge in [-0.3, -0.25) is 0 Å². The van der Waals surface area contributed by atoms with E-state index in [0.717, 1.165) is 13.0 Å². The predicted molar refractivity (Wildman–Crippen MR) is 45.3 cm³/mol. The monoisotopic (exact) mass is 161 g/mol. The summed E-state index contributed by atoms with van der Waals surface area (Å²) in [6.07, 6.45) is 0.930. The minimum atomic E-state index is 0.0348. The quantitative estimate of drug-likeness (QED) is 0.487. The highest BCUT2D eigenvalue weighted by atomic mass is 16.6. The summed E-state index contributed by atoms with van der Waals surface area (Å²) in [6, 6.07) is 0. The first-order valence-electron chi connectivity index (χ1n) is 3.94. The molecule has 0 aromatic rings. The number of hydrogen-bond donors (Lipinski definition) is 1. The summed E-state index contributed by atoms with van der Waals surface area (Å²) in [5.41, 5.74) is 2.96. The molecule has 0 aromatic carbocycles. The summed E-state index contributed by atoms with van der Waals surface area (Å²) in [4.78, 5) is 5.17. The first kappa shape index (κ1) is 10.9. The van der Waals surface area contributed by atoms with Crippen molar-refractivity contribution in [1.82, 2.24) is 5.48 Å². The lowest BCUT2D eigenvalue weighted by Crippen LogP contribution is -2.36. The zero-order chi connectivity index (χ0) is 8.74. The summed E-state index contributed by atoms with van der Waals surface area (Å²) >= 11 is 0. The van der Waals surface area contributed by atoms with Crippen molar-refractivity contribution >= 4 is 0 Å². The molecule has 0 bridgehead atoms. The molecule has 0 heterocycles. The molecule has 0 spiro atoms. The maximum Gasteiger partial charge on any atom is 0.0704 e. The minimum Gasteiger partial charge on any atom is -0.385 e. The smallest absolute Gasteiger partial charge is 0.0704 e. The van der Waals surface area contributed by atoms with Gasteiger partial charge in [-0.05, 0) is 27.2 Å². The van der Waals surface area contributed by atoms with E-state index < -0.39 is 0 Å². The van der Waals surface area contributed by atoms with Crippen molar-refractivity contribution in [3.8, 4) is 0 Å². The third-order valence-electron chi connectivity index (χ3n) is 0.973. The first-order chi connectivity index (χ1) is 5.06. The van der Waals surface area contributed by atoms with Gasteiger partial charge in [0.25, 0.3) is 0 Å². The molecule has 3 nitrogen and oxygen atoms in total. The number of rotatable bonds is 5. The molecule has 11 heavy (non-hydrogen) atoms. The molecule has 68 valence electrons. The average Bonchev–Trinajstić information content (AvgIpc) is 1.85. The third kappa shape index (κ3) is 9.88. The maximum absolute atomic E-state index is 5.17. The second-order valence-electron chi connectivity index (χ2n) is 3.55. The van der Waals surface area contributed by atoms with E-state index in [0.29, 0.717) is 6.61 Å². The predicted octanol–water partition coefficient (Wildman–Crippen LogP) is 1.34. The number of methoxy groups -OCH3 is 1. The van der Waals surface area contributed by atoms with E-state index in [1.54, 1.807) is 7.11 Å². The van der Waals surface area contributed by atoms with Gasteiger partial charge < -0.3 is 9.57 Å². The summed E-state index contributed by atoms with van der Waals surface area (Å²) in [5, 5.41) is 0. The van der Waals surface area contributed by atoms with Crippen LogP contribution < -0.4 is 5.48 Å². The fourth-order valence-electron chi connectivity index (χ4n) is 0.543. The summed E-state index contributed by atoms with van der Waals surface area (Å²) in [5.74, 6) is 0. The molecule has 3 heteroatoms. The highest BCUT2D eigenvalue weighted by Crippen LogP contribution is 1.97. The van der Waals surface area contributed by atoms with Crippen LogP contribution in [0.3, 0.4) is 0 Å². The van der Waals surface area contributed by atoms with Gasteiger partial charge in [-0.25, -0.2) is 0 Å². The highest BCUT2D eigenvalue weighted by Gasteiger charge is 2.07. The van der Waals surface area contributed by atoms with E-state index in [1.807, 2.05) is 0 Å². The van der Waals surface area contributed by atoms with Crippen LogP contribution in [0.5, 0.6) is 0 Å². The molecule has 0 unspecified atom stereocenters. The van der Waals surface area contributed by atoms with Crippen LogP contribution in [-0.4, -0.2) is 25.9 Å². The second-order valence-corrected chi connectivity index (χ2v) is 3.55. The van der Waals surface area contributed by atoms with Crippen LogP contribution in [0.1, 0.15) is 27.2 Å². The van der Waals surface area contributed by atoms with E-state index >= 15 is 0 Å². The third-order valence-corrected chi connectivity index (χ3v) is 0.973. The van der Waals surface area contributed by atoms with Gasteiger partial charge in [0.2, 0.25) is 0 Å². The Hall–Kier alpha value is -0.120. The Bertz CT molecular complexity index is 88.6. The van der Waals surface area contributed by atoms with Crippen molar-refractivity contribution < 1.29 is 9.57 Å². The van der Waals surface area contributed by atoms with Crippen LogP contribution in [0.2, 0.25) is 0 Å². The van der Waals surface area contributed by atoms with Gasteiger partial charge in [0, 0.05) is 19.3 Å². The molecular formula is C8H19NO2. The van der Waals surface area contributed by atoms with Crippen molar-refractivity contribution in [1.29, 1.82) is 0 Å². The van der Waals surface area contributed by atoms with Crippen molar-refractivity contribution in [3.05, 3.63) is 0 Å². The summed E-state index contributed by atoms with van der Waals surface area (Å²) in [7, 11) is 1.69. The number of hydrogen-bond acceptors (Lipinski definition) is 3. The van der Waals surface area contributed by atoms with Crippen LogP contribution >= 0.6 is 0 Å². The van der Waals surface area contributed by atoms with Gasteiger partial charge in [0.1, 0.15) is 0 Å². The topological polar surface area (TPSA) is 30.5 Å². The molecule has 0 atom stereocenters. The number of nitrogens with one attached hydrogen (secondary N) is 1. The number of ether oxygens (including phenoxy) is 1. The molecular weight excluding hydrogens is 142 g/mol. The van der Waals surface area contributed by atoms with Crippen LogP contribution in [0.25, 0.3) is 0 Å². The minimum absolute atomic E-state index is 0.0348. The van der Waals surface area contributed by atoms with Gasteiger partial charge >= 0.3 is 0 Å². The average molecular weight is 161 g/mol. The molecule has 1 N–H and O–H groups in total. The van der Waals surface area contributed by atoms with E-state index in [4.69, 9.17) is 9.57 Å². The van der Waals surface area contributed by atoms with E-state index in [-0.39, 0.29) is 5.54 Å². The molecule has 0 saturated carbocycles. The molecule has 0 radical (unpaired) electrons. The maximum atomic E-state index is 5.17. The van der Waals surface area contributed by atoms with Gasteiger partial charge in [0.15, 0.2) is 0 Å². The fraction of sp³-hybridized carbons (Fsp3) is 1.00.